The molecule has 0 radical (unpaired) electrons. The molecule has 13 heteroatoms. The van der Waals surface area contributed by atoms with Crippen LogP contribution in [0.5, 0.6) is 0 Å². The van der Waals surface area contributed by atoms with Crippen LogP contribution in [0.4, 0.5) is 4.79 Å². The lowest BCUT2D eigenvalue weighted by molar-refractivity contribution is -0.319. The van der Waals surface area contributed by atoms with Crippen LogP contribution in [0, 0.1) is 6.92 Å². The molecule has 3 heterocycles. The molecule has 320 valence electrons. The van der Waals surface area contributed by atoms with Gasteiger partial charge in [-0.25, -0.2) is 9.69 Å². The van der Waals surface area contributed by atoms with Crippen molar-refractivity contribution in [2.24, 2.45) is 0 Å². The van der Waals surface area contributed by atoms with Crippen molar-refractivity contribution >= 4 is 17.8 Å². The summed E-state index contributed by atoms with van der Waals surface area (Å²) in [7, 11) is 2.75. The van der Waals surface area contributed by atoms with E-state index in [4.69, 9.17) is 37.6 Å². The molecule has 4 aromatic carbocycles. The average molecular weight is 834 g/mol. The van der Waals surface area contributed by atoms with E-state index in [1.165, 1.54) is 14.2 Å². The molecule has 0 bridgehead atoms. The van der Waals surface area contributed by atoms with E-state index in [1.54, 1.807) is 30.3 Å². The average Bonchev–Trinajstić information content (AvgIpc) is 3.91. The lowest BCUT2D eigenvalue weighted by Crippen LogP contribution is -2.61. The molecule has 2 saturated heterocycles. The second-order valence-corrected chi connectivity index (χ2v) is 14.9. The van der Waals surface area contributed by atoms with Crippen molar-refractivity contribution in [1.82, 2.24) is 4.90 Å². The second kappa shape index (κ2) is 20.8. The Hall–Kier alpha value is -5.51. The van der Waals surface area contributed by atoms with E-state index >= 15 is 0 Å². The summed E-state index contributed by atoms with van der Waals surface area (Å²) in [5.74, 6) is -1.20. The zero-order chi connectivity index (χ0) is 42.7. The van der Waals surface area contributed by atoms with Crippen LogP contribution in [0.2, 0.25) is 0 Å². The quantitative estimate of drug-likeness (QED) is 0.0517. The number of methoxy groups -OCH3 is 2. The van der Waals surface area contributed by atoms with Gasteiger partial charge in [-0.1, -0.05) is 121 Å². The molecule has 0 unspecified atom stereocenters. The lowest BCUT2D eigenvalue weighted by Gasteiger charge is -2.45. The number of aliphatic hydroxyl groups excluding tert-OH is 1. The smallest absolute Gasteiger partial charge is 0.417 e. The fraction of sp³-hybridized carbons (Fsp3) is 0.354. The Labute approximate surface area is 355 Å². The number of ketones is 1. The number of rotatable bonds is 19. The number of imide groups is 1. The first kappa shape index (κ1) is 43.6. The highest BCUT2D eigenvalue weighted by Crippen LogP contribution is 2.34. The number of carbonyl (C=O) groups excluding carboxylic acids is 3. The number of aryl methyl sites for hydroxylation is 2. The van der Waals surface area contributed by atoms with E-state index in [9.17, 15) is 19.5 Å². The van der Waals surface area contributed by atoms with Gasteiger partial charge in [0.15, 0.2) is 12.1 Å². The highest BCUT2D eigenvalue weighted by Gasteiger charge is 2.49. The minimum absolute atomic E-state index is 0.0505. The fourth-order valence-electron chi connectivity index (χ4n) is 7.72. The summed E-state index contributed by atoms with van der Waals surface area (Å²) in [4.78, 5) is 41.8. The SMILES string of the molecule is CO[C@@H](C(=O)c1cc(-c2cccc(C)c2)c(CCCO[C@@H]2[C@@H](OC)O[C@H](CO)[C@@H](OCc3ccccc3)[C@@H]2OCc2ccccc2)o1)C(=O)N1C(=O)OC[C@@H]1c1ccccc1. The lowest BCUT2D eigenvalue weighted by atomic mass is 9.98. The summed E-state index contributed by atoms with van der Waals surface area (Å²) in [6.07, 6.45) is -5.57. The van der Waals surface area contributed by atoms with Crippen molar-refractivity contribution in [2.45, 2.75) is 75.8 Å². The first-order valence-electron chi connectivity index (χ1n) is 20.3. The molecule has 2 amide bonds. The first-order chi connectivity index (χ1) is 29.8. The third-order valence-electron chi connectivity index (χ3n) is 10.8. The van der Waals surface area contributed by atoms with Crippen molar-refractivity contribution < 1.29 is 57.1 Å². The molecular weight excluding hydrogens is 783 g/mol. The van der Waals surface area contributed by atoms with Crippen molar-refractivity contribution in [3.05, 3.63) is 155 Å². The number of aliphatic hydroxyl groups is 1. The highest BCUT2D eigenvalue weighted by atomic mass is 16.7. The van der Waals surface area contributed by atoms with Crippen molar-refractivity contribution in [1.29, 1.82) is 0 Å². The van der Waals surface area contributed by atoms with E-state index in [0.29, 0.717) is 29.7 Å². The van der Waals surface area contributed by atoms with Gasteiger partial charge in [0.25, 0.3) is 5.91 Å². The summed E-state index contributed by atoms with van der Waals surface area (Å²) >= 11 is 0. The van der Waals surface area contributed by atoms with Gasteiger partial charge in [-0.2, -0.15) is 0 Å². The maximum absolute atomic E-state index is 14.1. The van der Waals surface area contributed by atoms with Crippen molar-refractivity contribution in [3.8, 4) is 11.1 Å². The normalized spacial score (nSPS) is 21.9. The number of hydrogen-bond acceptors (Lipinski definition) is 12. The van der Waals surface area contributed by atoms with Crippen LogP contribution in [0.15, 0.2) is 126 Å². The monoisotopic (exact) mass is 833 g/mol. The van der Waals surface area contributed by atoms with Gasteiger partial charge in [0.05, 0.1) is 19.8 Å². The predicted octanol–water partition coefficient (Wildman–Crippen LogP) is 7.03. The Morgan fingerprint density at radius 3 is 2.08 bits per heavy atom. The Kier molecular flexibility index (Phi) is 14.9. The van der Waals surface area contributed by atoms with Crippen molar-refractivity contribution in [2.75, 3.05) is 34.0 Å². The third kappa shape index (κ3) is 10.3. The molecule has 2 aliphatic rings. The molecule has 5 aromatic rings. The molecule has 13 nitrogen and oxygen atoms in total. The standard InChI is InChI=1S/C48H51NO12/c1-31-15-13-22-35(25-31)36-26-39(41(51)43(54-2)46(52)49-37(30-59-48(49)53)34-20-11-6-12-21-34)60-38(36)23-14-24-56-45-44(58-29-33-18-9-5-10-19-33)42(40(27-50)61-47(45)55-3)57-28-32-16-7-4-8-17-32/h4-13,15-22,25-26,37,40,42-45,47,50H,14,23-24,27-30H2,1-3H3/t37-,40-,42-,43+,44+,45+,47+/m1/s1. The fourth-order valence-corrected chi connectivity index (χ4v) is 7.72. The van der Waals surface area contributed by atoms with E-state index in [0.717, 1.165) is 27.2 Å². The number of benzene rings is 4. The van der Waals surface area contributed by atoms with Crippen LogP contribution in [0.25, 0.3) is 11.1 Å². The molecule has 2 fully saturated rings. The number of nitrogens with zero attached hydrogens (tertiary/aromatic N) is 1. The summed E-state index contributed by atoms with van der Waals surface area (Å²) in [5.41, 5.74) is 5.06. The maximum Gasteiger partial charge on any atom is 0.417 e. The topological polar surface area (TPSA) is 152 Å². The van der Waals surface area contributed by atoms with Gasteiger partial charge >= 0.3 is 6.09 Å². The van der Waals surface area contributed by atoms with Gasteiger partial charge < -0.3 is 42.7 Å². The zero-order valence-electron chi connectivity index (χ0n) is 34.4. The van der Waals surface area contributed by atoms with Gasteiger partial charge in [-0.05, 0) is 41.7 Å². The molecule has 1 N–H and O–H groups in total. The van der Waals surface area contributed by atoms with Crippen LogP contribution < -0.4 is 0 Å². The van der Waals surface area contributed by atoms with Crippen LogP contribution in [0.3, 0.4) is 0 Å². The molecular formula is C48H51NO12. The molecule has 7 atom stereocenters. The zero-order valence-corrected chi connectivity index (χ0v) is 34.4. The largest absolute Gasteiger partial charge is 0.457 e. The number of cyclic esters (lactones) is 1. The van der Waals surface area contributed by atoms with Crippen molar-refractivity contribution in [3.63, 3.8) is 0 Å². The Morgan fingerprint density at radius 2 is 1.46 bits per heavy atom. The minimum atomic E-state index is -1.67. The molecule has 2 aliphatic heterocycles. The van der Waals surface area contributed by atoms with E-state index in [1.807, 2.05) is 97.9 Å². The molecule has 61 heavy (non-hydrogen) atoms. The highest BCUT2D eigenvalue weighted by molar-refractivity contribution is 6.14. The van der Waals surface area contributed by atoms with E-state index in [2.05, 4.69) is 0 Å². The van der Waals surface area contributed by atoms with Gasteiger partial charge in [0, 0.05) is 32.8 Å². The summed E-state index contributed by atoms with van der Waals surface area (Å²) in [6, 6.07) is 37.1. The number of ether oxygens (including phenoxy) is 7. The van der Waals surface area contributed by atoms with Gasteiger partial charge in [-0.15, -0.1) is 0 Å². The van der Waals surface area contributed by atoms with Crippen LogP contribution in [0.1, 0.15) is 51.0 Å². The van der Waals surface area contributed by atoms with Crippen LogP contribution >= 0.6 is 0 Å². The maximum atomic E-state index is 14.1. The summed E-state index contributed by atoms with van der Waals surface area (Å²) < 4.78 is 48.5. The van der Waals surface area contributed by atoms with Crippen LogP contribution in [-0.2, 0) is 57.6 Å². The number of Topliss-reactive ketones (excluding diaryl/α,β-unsaturated/α-hetero) is 1. The second-order valence-electron chi connectivity index (χ2n) is 14.9. The van der Waals surface area contributed by atoms with Gasteiger partial charge in [0.1, 0.15) is 42.8 Å². The predicted molar refractivity (Wildman–Crippen MR) is 222 cm³/mol. The molecule has 0 saturated carbocycles. The molecule has 7 rings (SSSR count). The number of carbonyl (C=O) groups is 3. The Bertz CT molecular complexity index is 2200. The first-order valence-corrected chi connectivity index (χ1v) is 20.3. The number of amides is 2. The number of hydrogen-bond donors (Lipinski definition) is 1. The van der Waals surface area contributed by atoms with E-state index < -0.39 is 60.6 Å². The molecule has 0 aliphatic carbocycles. The minimum Gasteiger partial charge on any atom is -0.457 e. The third-order valence-corrected chi connectivity index (χ3v) is 10.8. The summed E-state index contributed by atoms with van der Waals surface area (Å²) in [5, 5.41) is 10.4. The van der Waals surface area contributed by atoms with Gasteiger partial charge in [-0.3, -0.25) is 9.59 Å². The Balaban J connectivity index is 1.10. The Morgan fingerprint density at radius 1 is 0.803 bits per heavy atom. The van der Waals surface area contributed by atoms with Crippen LogP contribution in [-0.4, -0.2) is 98.6 Å². The summed E-state index contributed by atoms with van der Waals surface area (Å²) in [6.45, 7) is 2.30. The van der Waals surface area contributed by atoms with E-state index in [-0.39, 0.29) is 38.8 Å². The molecule has 1 aromatic heterocycles. The number of furan rings is 1. The molecule has 0 spiro atoms. The van der Waals surface area contributed by atoms with Gasteiger partial charge in [0.2, 0.25) is 11.9 Å².